The third-order valence-corrected chi connectivity index (χ3v) is 0.0476. The Kier molecular flexibility index (Phi) is 8.77. The molecule has 0 aromatic rings. The quantitative estimate of drug-likeness (QED) is 0.572. The van der Waals surface area contributed by atoms with Gasteiger partial charge in [0, 0.05) is 0 Å². The van der Waals surface area contributed by atoms with Gasteiger partial charge in [0.05, 0.1) is 0 Å². The average molecular weight is 243 g/mol. The van der Waals surface area contributed by atoms with E-state index in [1.807, 2.05) is 0 Å². The Labute approximate surface area is 59.8 Å². The van der Waals surface area contributed by atoms with Gasteiger partial charge < -0.3 is 0 Å². The molecule has 0 aromatic heterocycles. The molecule has 0 amide bonds. The molecule has 9 heavy (non-hydrogen) atoms. The number of halogens is 2. The molecule has 0 bridgehead atoms. The predicted octanol–water partition coefficient (Wildman–Crippen LogP) is 3.35. The van der Waals surface area contributed by atoms with Crippen molar-refractivity contribution in [2.45, 2.75) is 19.8 Å². The standard InChI is InChI=1S/C2H2F2.4CH3.Sn/c3-1-2-4;;;;;/h1-2H;4*1H3;. The van der Waals surface area contributed by atoms with E-state index in [9.17, 15) is 8.78 Å². The van der Waals surface area contributed by atoms with Gasteiger partial charge in [-0.1, -0.05) is 0 Å². The van der Waals surface area contributed by atoms with Gasteiger partial charge in [0.15, 0.2) is 0 Å². The van der Waals surface area contributed by atoms with Gasteiger partial charge in [-0.25, -0.2) is 8.78 Å². The Bertz CT molecular complexity index is 63.6. The van der Waals surface area contributed by atoms with Gasteiger partial charge >= 0.3 is 38.1 Å². The molecule has 0 rings (SSSR count). The van der Waals surface area contributed by atoms with Gasteiger partial charge in [-0.05, 0) is 0 Å². The van der Waals surface area contributed by atoms with E-state index in [0.717, 1.165) is 0 Å². The van der Waals surface area contributed by atoms with Crippen LogP contribution in [0.5, 0.6) is 0 Å². The molecule has 0 unspecified atom stereocenters. The van der Waals surface area contributed by atoms with Gasteiger partial charge in [-0.2, -0.15) is 0 Å². The SMILES string of the molecule is FC=CF.[CH3][Sn]([CH3])([CH3])[CH3]. The molecule has 0 saturated carbocycles. The molecule has 0 N–H and O–H groups in total. The normalized spacial score (nSPS) is 10.9. The molecule has 0 saturated heterocycles. The van der Waals surface area contributed by atoms with Gasteiger partial charge in [-0.15, -0.1) is 0 Å². The predicted molar refractivity (Wildman–Crippen MR) is 40.6 cm³/mol. The summed E-state index contributed by atoms with van der Waals surface area (Å²) in [5, 5.41) is 0. The summed E-state index contributed by atoms with van der Waals surface area (Å²) in [6.45, 7) is 0. The molecule has 0 atom stereocenters. The van der Waals surface area contributed by atoms with Crippen LogP contribution in [-0.2, 0) is 0 Å². The van der Waals surface area contributed by atoms with Crippen LogP contribution in [0.3, 0.4) is 0 Å². The van der Waals surface area contributed by atoms with E-state index in [2.05, 4.69) is 19.8 Å². The van der Waals surface area contributed by atoms with E-state index >= 15 is 0 Å². The third kappa shape index (κ3) is 176. The topological polar surface area (TPSA) is 0 Å². The van der Waals surface area contributed by atoms with Crippen LogP contribution in [0.25, 0.3) is 0 Å². The summed E-state index contributed by atoms with van der Waals surface area (Å²) in [4.78, 5) is 9.59. The minimum absolute atomic E-state index is 0.167. The first-order valence-electron chi connectivity index (χ1n) is 2.77. The molecule has 0 aliphatic heterocycles. The molecule has 0 fully saturated rings. The fourth-order valence-electron chi connectivity index (χ4n) is 0. The van der Waals surface area contributed by atoms with Crippen LogP contribution in [0.2, 0.25) is 19.8 Å². The summed E-state index contributed by atoms with van der Waals surface area (Å²) in [5.74, 6) is 0. The summed E-state index contributed by atoms with van der Waals surface area (Å²) in [6, 6.07) is 0. The molecular formula is C6H14F2Sn. The van der Waals surface area contributed by atoms with E-state index in [-0.39, 0.29) is 12.7 Å². The van der Waals surface area contributed by atoms with Crippen molar-refractivity contribution in [1.82, 2.24) is 0 Å². The van der Waals surface area contributed by atoms with Crippen LogP contribution in [0, 0.1) is 0 Å². The molecule has 0 aliphatic rings. The van der Waals surface area contributed by atoms with E-state index < -0.39 is 18.4 Å². The Morgan fingerprint density at radius 3 is 1.00 bits per heavy atom. The summed E-state index contributed by atoms with van der Waals surface area (Å²) < 4.78 is 20.3. The zero-order valence-corrected chi connectivity index (χ0v) is 9.26. The number of hydrogen-bond donors (Lipinski definition) is 0. The second-order valence-electron chi connectivity index (χ2n) is 3.25. The summed E-state index contributed by atoms with van der Waals surface area (Å²) in [6.07, 6.45) is -0.333. The van der Waals surface area contributed by atoms with Crippen LogP contribution >= 0.6 is 0 Å². The average Bonchev–Trinajstić information content (AvgIpc) is 1.61. The Hall–Kier alpha value is 0.399. The Morgan fingerprint density at radius 2 is 1.00 bits per heavy atom. The molecule has 0 spiro atoms. The first kappa shape index (κ1) is 12.1. The van der Waals surface area contributed by atoms with Crippen molar-refractivity contribution in [3.05, 3.63) is 12.7 Å². The second kappa shape index (κ2) is 6.52. The maximum atomic E-state index is 10.2. The first-order chi connectivity index (χ1) is 3.91. The Balaban J connectivity index is 0. The van der Waals surface area contributed by atoms with E-state index in [0.29, 0.717) is 0 Å². The van der Waals surface area contributed by atoms with Gasteiger partial charge in [0.25, 0.3) is 0 Å². The molecule has 0 heterocycles. The van der Waals surface area contributed by atoms with E-state index in [1.165, 1.54) is 0 Å². The Morgan fingerprint density at radius 1 is 0.889 bits per heavy atom. The van der Waals surface area contributed by atoms with Crippen molar-refractivity contribution in [2.75, 3.05) is 0 Å². The zero-order valence-electron chi connectivity index (χ0n) is 6.41. The third-order valence-electron chi connectivity index (χ3n) is 0.0476. The van der Waals surface area contributed by atoms with Crippen LogP contribution in [-0.4, -0.2) is 18.4 Å². The summed E-state index contributed by atoms with van der Waals surface area (Å²) >= 11 is -1.18. The van der Waals surface area contributed by atoms with E-state index in [4.69, 9.17) is 0 Å². The molecule has 0 aliphatic carbocycles. The summed E-state index contributed by atoms with van der Waals surface area (Å²) in [7, 11) is 0. The number of hydrogen-bond acceptors (Lipinski definition) is 0. The van der Waals surface area contributed by atoms with Crippen LogP contribution < -0.4 is 0 Å². The molecule has 56 valence electrons. The second-order valence-corrected chi connectivity index (χ2v) is 20.4. The molecular weight excluding hydrogens is 229 g/mol. The van der Waals surface area contributed by atoms with Crippen molar-refractivity contribution >= 4 is 18.4 Å². The van der Waals surface area contributed by atoms with Crippen molar-refractivity contribution in [3.8, 4) is 0 Å². The fourth-order valence-corrected chi connectivity index (χ4v) is 0. The van der Waals surface area contributed by atoms with Crippen LogP contribution in [0.4, 0.5) is 8.78 Å². The van der Waals surface area contributed by atoms with Crippen molar-refractivity contribution < 1.29 is 8.78 Å². The zero-order chi connectivity index (χ0) is 7.91. The van der Waals surface area contributed by atoms with Crippen molar-refractivity contribution in [3.63, 3.8) is 0 Å². The minimum atomic E-state index is -1.18. The molecule has 3 heteroatoms. The van der Waals surface area contributed by atoms with Crippen molar-refractivity contribution in [2.24, 2.45) is 0 Å². The molecule has 0 aromatic carbocycles. The van der Waals surface area contributed by atoms with Crippen LogP contribution in [0.1, 0.15) is 0 Å². The van der Waals surface area contributed by atoms with Gasteiger partial charge in [-0.3, -0.25) is 0 Å². The molecule has 0 radical (unpaired) electrons. The first-order valence-corrected chi connectivity index (χ1v) is 14.2. The fraction of sp³-hybridized carbons (Fsp3) is 0.667. The van der Waals surface area contributed by atoms with Crippen molar-refractivity contribution in [1.29, 1.82) is 0 Å². The van der Waals surface area contributed by atoms with Gasteiger partial charge in [0.2, 0.25) is 0 Å². The molecule has 0 nitrogen and oxygen atoms in total. The maximum absolute atomic E-state index is 10.2. The number of rotatable bonds is 0. The van der Waals surface area contributed by atoms with Crippen LogP contribution in [0.15, 0.2) is 12.7 Å². The van der Waals surface area contributed by atoms with Gasteiger partial charge in [0.1, 0.15) is 12.7 Å². The van der Waals surface area contributed by atoms with E-state index in [1.54, 1.807) is 0 Å². The monoisotopic (exact) mass is 244 g/mol. The summed E-state index contributed by atoms with van der Waals surface area (Å²) in [5.41, 5.74) is 0.